The lowest BCUT2D eigenvalue weighted by Crippen LogP contribution is -2.40. The summed E-state index contributed by atoms with van der Waals surface area (Å²) >= 11 is 1.48. The summed E-state index contributed by atoms with van der Waals surface area (Å²) in [6.45, 7) is -0.435. The number of amides is 1. The molecule has 1 saturated heterocycles. The summed E-state index contributed by atoms with van der Waals surface area (Å²) in [6.07, 6.45) is -6.68. The number of aryl methyl sites for hydroxylation is 1. The molecule has 0 saturated carbocycles. The Morgan fingerprint density at radius 3 is 2.58 bits per heavy atom. The number of aromatic nitrogens is 3. The van der Waals surface area contributed by atoms with Crippen LogP contribution in [0.2, 0.25) is 0 Å². The Balaban J connectivity index is 1.08. The van der Waals surface area contributed by atoms with E-state index in [4.69, 9.17) is 9.82 Å². The second-order valence-corrected chi connectivity index (χ2v) is 11.1. The van der Waals surface area contributed by atoms with Crippen LogP contribution < -0.4 is 0 Å². The fraction of sp³-hybridized carbons (Fsp3) is 0.462. The molecule has 40 heavy (non-hydrogen) atoms. The fourth-order valence-corrected chi connectivity index (χ4v) is 6.66. The molecule has 1 aromatic carbocycles. The standard InChI is InChI=1S/C26H23F6N5O2S/c27-25(28,29)20-11-21(26(30,31)32)37(34-20)13-22(38)36-9-6-16(7-10-36)23-33-19(14-40-23)18-12-24(39-35-18)8-5-15-3-1-2-4-17(15)24/h1-4,11,14,16H,5-10,12-13H2/t24-/m1/s1. The normalized spacial score (nSPS) is 21.6. The molecule has 0 N–H and O–H groups in total. The van der Waals surface area contributed by atoms with Gasteiger partial charge in [-0.1, -0.05) is 29.4 Å². The van der Waals surface area contributed by atoms with Crippen LogP contribution in [-0.2, 0) is 40.6 Å². The Morgan fingerprint density at radius 1 is 1.10 bits per heavy atom. The molecule has 1 amide bonds. The van der Waals surface area contributed by atoms with Crippen molar-refractivity contribution < 1.29 is 36.0 Å². The zero-order chi connectivity index (χ0) is 28.3. The number of fused-ring (bicyclic) bond motifs is 2. The lowest BCUT2D eigenvalue weighted by atomic mass is 9.90. The average Bonchev–Trinajstić information content (AvgIpc) is 3.70. The molecule has 3 aromatic rings. The highest BCUT2D eigenvalue weighted by atomic mass is 32.1. The van der Waals surface area contributed by atoms with Gasteiger partial charge in [-0.05, 0) is 31.2 Å². The SMILES string of the molecule is O=C(Cn1nc(C(F)(F)F)cc1C(F)(F)F)N1CCC(c2nc(C3=NO[C@]4(CCc5ccccc54)C3)cs2)CC1. The van der Waals surface area contributed by atoms with Crippen molar-refractivity contribution in [3.63, 3.8) is 0 Å². The topological polar surface area (TPSA) is 72.6 Å². The van der Waals surface area contributed by atoms with E-state index in [1.807, 2.05) is 17.5 Å². The van der Waals surface area contributed by atoms with Crippen LogP contribution in [0.4, 0.5) is 26.3 Å². The summed E-state index contributed by atoms with van der Waals surface area (Å²) in [5, 5.41) is 10.2. The molecule has 4 heterocycles. The first kappa shape index (κ1) is 26.8. The number of nitrogens with zero attached hydrogens (tertiary/aromatic N) is 5. The van der Waals surface area contributed by atoms with Gasteiger partial charge in [0.15, 0.2) is 11.3 Å². The van der Waals surface area contributed by atoms with Gasteiger partial charge in [-0.3, -0.25) is 9.48 Å². The van der Waals surface area contributed by atoms with Gasteiger partial charge in [-0.25, -0.2) is 4.98 Å². The number of likely N-dealkylation sites (tertiary alicyclic amines) is 1. The maximum Gasteiger partial charge on any atom is 0.435 e. The van der Waals surface area contributed by atoms with Crippen LogP contribution in [0, 0.1) is 0 Å². The van der Waals surface area contributed by atoms with Crippen molar-refractivity contribution in [2.24, 2.45) is 5.16 Å². The maximum atomic E-state index is 13.3. The molecule has 212 valence electrons. The second kappa shape index (κ2) is 9.60. The van der Waals surface area contributed by atoms with E-state index >= 15 is 0 Å². The summed E-state index contributed by atoms with van der Waals surface area (Å²) < 4.78 is 78.7. The number of oxime groups is 1. The number of halogens is 6. The molecule has 1 spiro atoms. The first-order chi connectivity index (χ1) is 18.9. The van der Waals surface area contributed by atoms with Crippen LogP contribution in [0.1, 0.15) is 64.8 Å². The lowest BCUT2D eigenvalue weighted by molar-refractivity contribution is -0.146. The van der Waals surface area contributed by atoms with Gasteiger partial charge < -0.3 is 9.74 Å². The molecule has 0 unspecified atom stereocenters. The molecular weight excluding hydrogens is 560 g/mol. The van der Waals surface area contributed by atoms with Gasteiger partial charge in [-0.2, -0.15) is 31.4 Å². The highest BCUT2D eigenvalue weighted by Crippen LogP contribution is 2.46. The molecule has 14 heteroatoms. The van der Waals surface area contributed by atoms with E-state index in [0.29, 0.717) is 19.3 Å². The Morgan fingerprint density at radius 2 is 1.85 bits per heavy atom. The van der Waals surface area contributed by atoms with Crippen LogP contribution >= 0.6 is 11.3 Å². The quantitative estimate of drug-likeness (QED) is 0.367. The zero-order valence-corrected chi connectivity index (χ0v) is 21.7. The number of hydrogen-bond acceptors (Lipinski definition) is 6. The average molecular weight is 584 g/mol. The Hall–Kier alpha value is -3.42. The fourth-order valence-electron chi connectivity index (χ4n) is 5.66. The van der Waals surface area contributed by atoms with Crippen molar-refractivity contribution in [3.8, 4) is 0 Å². The molecule has 1 atom stereocenters. The zero-order valence-electron chi connectivity index (χ0n) is 20.9. The van der Waals surface area contributed by atoms with Crippen molar-refractivity contribution in [2.75, 3.05) is 13.1 Å². The monoisotopic (exact) mass is 583 g/mol. The van der Waals surface area contributed by atoms with E-state index in [2.05, 4.69) is 22.4 Å². The molecule has 6 rings (SSSR count). The van der Waals surface area contributed by atoms with E-state index in [1.54, 1.807) is 0 Å². The van der Waals surface area contributed by atoms with Crippen LogP contribution in [0.5, 0.6) is 0 Å². The lowest BCUT2D eigenvalue weighted by Gasteiger charge is -2.31. The van der Waals surface area contributed by atoms with Crippen LogP contribution in [0.25, 0.3) is 0 Å². The molecule has 0 bridgehead atoms. The first-order valence-electron chi connectivity index (χ1n) is 12.7. The summed E-state index contributed by atoms with van der Waals surface area (Å²) in [4.78, 5) is 24.8. The minimum absolute atomic E-state index is 0.0409. The van der Waals surface area contributed by atoms with E-state index in [1.165, 1.54) is 21.8 Å². The third kappa shape index (κ3) is 4.86. The molecule has 2 aliphatic heterocycles. The summed E-state index contributed by atoms with van der Waals surface area (Å²) in [5.41, 5.74) is 0.202. The molecule has 3 aliphatic rings. The highest BCUT2D eigenvalue weighted by molar-refractivity contribution is 7.10. The number of alkyl halides is 6. The Labute approximate surface area is 228 Å². The van der Waals surface area contributed by atoms with Crippen molar-refractivity contribution in [1.29, 1.82) is 0 Å². The van der Waals surface area contributed by atoms with Gasteiger partial charge in [0.1, 0.15) is 18.0 Å². The maximum absolute atomic E-state index is 13.3. The number of piperidine rings is 1. The van der Waals surface area contributed by atoms with E-state index < -0.39 is 41.8 Å². The number of thiazole rings is 1. The minimum Gasteiger partial charge on any atom is -0.384 e. The van der Waals surface area contributed by atoms with Crippen LogP contribution in [0.15, 0.2) is 40.9 Å². The van der Waals surface area contributed by atoms with Gasteiger partial charge in [0.2, 0.25) is 5.91 Å². The highest BCUT2D eigenvalue weighted by Gasteiger charge is 2.46. The van der Waals surface area contributed by atoms with Crippen molar-refractivity contribution >= 4 is 23.0 Å². The Kier molecular flexibility index (Phi) is 6.43. The smallest absolute Gasteiger partial charge is 0.384 e. The minimum atomic E-state index is -5.08. The number of carbonyl (C=O) groups excluding carboxylic acids is 1. The predicted octanol–water partition coefficient (Wildman–Crippen LogP) is 5.75. The van der Waals surface area contributed by atoms with E-state index in [-0.39, 0.29) is 29.8 Å². The van der Waals surface area contributed by atoms with E-state index in [0.717, 1.165) is 34.8 Å². The van der Waals surface area contributed by atoms with Gasteiger partial charge in [0.25, 0.3) is 0 Å². The van der Waals surface area contributed by atoms with Gasteiger partial charge in [-0.15, -0.1) is 11.3 Å². The van der Waals surface area contributed by atoms with Gasteiger partial charge >= 0.3 is 12.4 Å². The molecular formula is C26H23F6N5O2S. The summed E-state index contributed by atoms with van der Waals surface area (Å²) in [5.74, 6) is -0.681. The molecule has 7 nitrogen and oxygen atoms in total. The number of hydrogen-bond donors (Lipinski definition) is 0. The van der Waals surface area contributed by atoms with Crippen LogP contribution in [-0.4, -0.2) is 44.4 Å². The second-order valence-electron chi connectivity index (χ2n) is 10.3. The summed E-state index contributed by atoms with van der Waals surface area (Å²) in [7, 11) is 0. The third-order valence-corrected chi connectivity index (χ3v) is 8.76. The van der Waals surface area contributed by atoms with Gasteiger partial charge in [0.05, 0.1) is 10.7 Å². The van der Waals surface area contributed by atoms with E-state index in [9.17, 15) is 31.1 Å². The molecule has 1 fully saturated rings. The first-order valence-corrected chi connectivity index (χ1v) is 13.6. The molecule has 2 aromatic heterocycles. The third-order valence-electron chi connectivity index (χ3n) is 7.75. The molecule has 0 radical (unpaired) electrons. The summed E-state index contributed by atoms with van der Waals surface area (Å²) in [6, 6.07) is 8.12. The van der Waals surface area contributed by atoms with Crippen molar-refractivity contribution in [1.82, 2.24) is 19.7 Å². The van der Waals surface area contributed by atoms with Crippen LogP contribution in [0.3, 0.4) is 0 Å². The number of benzene rings is 1. The van der Waals surface area contributed by atoms with Crippen molar-refractivity contribution in [3.05, 3.63) is 68.9 Å². The van der Waals surface area contributed by atoms with Crippen molar-refractivity contribution in [2.45, 2.75) is 62.5 Å². The largest absolute Gasteiger partial charge is 0.435 e. The Bertz CT molecular complexity index is 1470. The number of rotatable bonds is 4. The van der Waals surface area contributed by atoms with Gasteiger partial charge in [0, 0.05) is 42.4 Å². The number of carbonyl (C=O) groups is 1. The predicted molar refractivity (Wildman–Crippen MR) is 132 cm³/mol. The molecule has 1 aliphatic carbocycles.